The lowest BCUT2D eigenvalue weighted by Gasteiger charge is -2.39. The maximum absolute atomic E-state index is 5.48. The molecule has 0 aromatic heterocycles. The zero-order valence-electron chi connectivity index (χ0n) is 10.6. The summed E-state index contributed by atoms with van der Waals surface area (Å²) in [4.78, 5) is 2.59. The van der Waals surface area contributed by atoms with E-state index in [1.807, 2.05) is 0 Å². The van der Waals surface area contributed by atoms with Gasteiger partial charge in [0, 0.05) is 24.5 Å². The van der Waals surface area contributed by atoms with Crippen molar-refractivity contribution < 1.29 is 0 Å². The van der Waals surface area contributed by atoms with Gasteiger partial charge in [0.05, 0.1) is 0 Å². The molecule has 0 aliphatic carbocycles. The van der Waals surface area contributed by atoms with Crippen LogP contribution in [0.1, 0.15) is 39.0 Å². The largest absolute Gasteiger partial charge is 0.313 e. The van der Waals surface area contributed by atoms with Crippen LogP contribution in [-0.4, -0.2) is 36.6 Å². The van der Waals surface area contributed by atoms with E-state index in [-0.39, 0.29) is 0 Å². The molecule has 90 valence electrons. The number of nitrogens with zero attached hydrogens (tertiary/aromatic N) is 1. The number of hydrogen-bond acceptors (Lipinski definition) is 2. The standard InChI is InChI=1S/C14H24N2/c1-4-6-14(15-5-2)11-9-12-7-8-13(10-11)16(12)3/h1,11-15H,5-10H2,2-3H3. The summed E-state index contributed by atoms with van der Waals surface area (Å²) in [6.45, 7) is 3.21. The first kappa shape index (κ1) is 12.0. The van der Waals surface area contributed by atoms with Gasteiger partial charge in [-0.15, -0.1) is 12.3 Å². The van der Waals surface area contributed by atoms with Crippen LogP contribution in [0.4, 0.5) is 0 Å². The van der Waals surface area contributed by atoms with Crippen molar-refractivity contribution in [1.29, 1.82) is 0 Å². The Kier molecular flexibility index (Phi) is 3.89. The first-order valence-electron chi connectivity index (χ1n) is 6.65. The molecular weight excluding hydrogens is 196 g/mol. The zero-order valence-corrected chi connectivity index (χ0v) is 10.6. The first-order valence-corrected chi connectivity index (χ1v) is 6.65. The van der Waals surface area contributed by atoms with Gasteiger partial charge in [0.25, 0.3) is 0 Å². The molecule has 1 N–H and O–H groups in total. The molecular formula is C14H24N2. The molecule has 2 nitrogen and oxygen atoms in total. The molecule has 2 heterocycles. The van der Waals surface area contributed by atoms with Crippen LogP contribution in [0.5, 0.6) is 0 Å². The van der Waals surface area contributed by atoms with E-state index in [0.717, 1.165) is 31.0 Å². The molecule has 0 radical (unpaired) electrons. The third-order valence-corrected chi connectivity index (χ3v) is 4.51. The van der Waals surface area contributed by atoms with Crippen molar-refractivity contribution >= 4 is 0 Å². The molecule has 3 atom stereocenters. The van der Waals surface area contributed by atoms with Gasteiger partial charge >= 0.3 is 0 Å². The van der Waals surface area contributed by atoms with Gasteiger partial charge in [-0.2, -0.15) is 0 Å². The highest BCUT2D eigenvalue weighted by molar-refractivity contribution is 5.00. The molecule has 0 aromatic rings. The Labute approximate surface area is 99.8 Å². The summed E-state index contributed by atoms with van der Waals surface area (Å²) >= 11 is 0. The van der Waals surface area contributed by atoms with Gasteiger partial charge in [-0.25, -0.2) is 0 Å². The zero-order chi connectivity index (χ0) is 11.5. The summed E-state index contributed by atoms with van der Waals surface area (Å²) in [6.07, 6.45) is 11.8. The lowest BCUT2D eigenvalue weighted by Crippen LogP contribution is -2.46. The van der Waals surface area contributed by atoms with Crippen LogP contribution in [0.2, 0.25) is 0 Å². The Morgan fingerprint density at radius 2 is 2.00 bits per heavy atom. The number of piperidine rings is 1. The van der Waals surface area contributed by atoms with Gasteiger partial charge in [-0.3, -0.25) is 0 Å². The molecule has 0 amide bonds. The maximum atomic E-state index is 5.48. The molecule has 2 aliphatic rings. The van der Waals surface area contributed by atoms with Gasteiger partial charge in [-0.1, -0.05) is 6.92 Å². The second-order valence-corrected chi connectivity index (χ2v) is 5.35. The molecule has 0 aromatic carbocycles. The smallest absolute Gasteiger partial charge is 0.0243 e. The number of hydrogen-bond donors (Lipinski definition) is 1. The Morgan fingerprint density at radius 3 is 2.50 bits per heavy atom. The Balaban J connectivity index is 1.97. The van der Waals surface area contributed by atoms with E-state index >= 15 is 0 Å². The van der Waals surface area contributed by atoms with Crippen molar-refractivity contribution in [2.75, 3.05) is 13.6 Å². The molecule has 2 saturated heterocycles. The maximum Gasteiger partial charge on any atom is 0.0243 e. The number of fused-ring (bicyclic) bond motifs is 2. The highest BCUT2D eigenvalue weighted by Gasteiger charge is 2.40. The average Bonchev–Trinajstić information content (AvgIpc) is 2.53. The number of nitrogens with one attached hydrogen (secondary N) is 1. The van der Waals surface area contributed by atoms with E-state index in [9.17, 15) is 0 Å². The topological polar surface area (TPSA) is 15.3 Å². The van der Waals surface area contributed by atoms with E-state index < -0.39 is 0 Å². The predicted octanol–water partition coefficient (Wildman–Crippen LogP) is 1.86. The van der Waals surface area contributed by atoms with Crippen LogP contribution in [-0.2, 0) is 0 Å². The van der Waals surface area contributed by atoms with Crippen molar-refractivity contribution in [3.63, 3.8) is 0 Å². The lowest BCUT2D eigenvalue weighted by molar-refractivity contribution is 0.113. The molecule has 3 unspecified atom stereocenters. The van der Waals surface area contributed by atoms with E-state index in [4.69, 9.17) is 6.42 Å². The molecule has 2 aliphatic heterocycles. The third kappa shape index (κ3) is 2.26. The second kappa shape index (κ2) is 5.21. The van der Waals surface area contributed by atoms with Crippen molar-refractivity contribution in [3.05, 3.63) is 0 Å². The summed E-state index contributed by atoms with van der Waals surface area (Å²) in [5.74, 6) is 3.63. The molecule has 16 heavy (non-hydrogen) atoms. The number of terminal acetylenes is 1. The van der Waals surface area contributed by atoms with Gasteiger partial charge in [0.1, 0.15) is 0 Å². The Bertz CT molecular complexity index is 254. The molecule has 2 rings (SSSR count). The van der Waals surface area contributed by atoms with Gasteiger partial charge in [0.2, 0.25) is 0 Å². The molecule has 2 fully saturated rings. The lowest BCUT2D eigenvalue weighted by atomic mass is 9.84. The number of rotatable bonds is 4. The highest BCUT2D eigenvalue weighted by atomic mass is 15.2. The van der Waals surface area contributed by atoms with E-state index in [1.165, 1.54) is 25.7 Å². The van der Waals surface area contributed by atoms with Gasteiger partial charge in [0.15, 0.2) is 0 Å². The summed E-state index contributed by atoms with van der Waals surface area (Å²) in [5, 5.41) is 3.58. The van der Waals surface area contributed by atoms with Crippen LogP contribution in [0.25, 0.3) is 0 Å². The predicted molar refractivity (Wildman–Crippen MR) is 68.2 cm³/mol. The van der Waals surface area contributed by atoms with Crippen molar-refractivity contribution in [1.82, 2.24) is 10.2 Å². The fourth-order valence-electron chi connectivity index (χ4n) is 3.58. The highest BCUT2D eigenvalue weighted by Crippen LogP contribution is 2.39. The van der Waals surface area contributed by atoms with Gasteiger partial charge in [-0.05, 0) is 45.2 Å². The fraction of sp³-hybridized carbons (Fsp3) is 0.857. The quantitative estimate of drug-likeness (QED) is 0.728. The SMILES string of the molecule is C#CCC(NCC)C1CC2CCC(C1)N2C. The van der Waals surface area contributed by atoms with Gasteiger partial charge < -0.3 is 10.2 Å². The van der Waals surface area contributed by atoms with Crippen LogP contribution in [0.3, 0.4) is 0 Å². The first-order chi connectivity index (χ1) is 7.76. The van der Waals surface area contributed by atoms with E-state index in [1.54, 1.807) is 0 Å². The van der Waals surface area contributed by atoms with Crippen LogP contribution in [0.15, 0.2) is 0 Å². The molecule has 0 saturated carbocycles. The van der Waals surface area contributed by atoms with Crippen molar-refractivity contribution in [3.8, 4) is 12.3 Å². The van der Waals surface area contributed by atoms with E-state index in [2.05, 4.69) is 30.1 Å². The van der Waals surface area contributed by atoms with Crippen molar-refractivity contribution in [2.24, 2.45) is 5.92 Å². The monoisotopic (exact) mass is 220 g/mol. The third-order valence-electron chi connectivity index (χ3n) is 4.51. The minimum Gasteiger partial charge on any atom is -0.313 e. The summed E-state index contributed by atoms with van der Waals surface area (Å²) in [5.41, 5.74) is 0. The average molecular weight is 220 g/mol. The minimum absolute atomic E-state index is 0.548. The molecule has 0 spiro atoms. The van der Waals surface area contributed by atoms with Crippen LogP contribution in [0, 0.1) is 18.3 Å². The minimum atomic E-state index is 0.548. The fourth-order valence-corrected chi connectivity index (χ4v) is 3.58. The Morgan fingerprint density at radius 1 is 1.38 bits per heavy atom. The van der Waals surface area contributed by atoms with E-state index in [0.29, 0.717) is 6.04 Å². The van der Waals surface area contributed by atoms with Crippen molar-refractivity contribution in [2.45, 2.75) is 57.2 Å². The summed E-state index contributed by atoms with van der Waals surface area (Å²) in [6, 6.07) is 2.19. The van der Waals surface area contributed by atoms with Crippen LogP contribution >= 0.6 is 0 Å². The molecule has 2 heteroatoms. The Hall–Kier alpha value is -0.520. The van der Waals surface area contributed by atoms with Crippen LogP contribution < -0.4 is 5.32 Å². The normalized spacial score (nSPS) is 35.9. The molecule has 2 bridgehead atoms. The summed E-state index contributed by atoms with van der Waals surface area (Å²) < 4.78 is 0. The second-order valence-electron chi connectivity index (χ2n) is 5.35. The summed E-state index contributed by atoms with van der Waals surface area (Å²) in [7, 11) is 2.29.